The minimum Gasteiger partial charge on any atom is -0.356 e. The van der Waals surface area contributed by atoms with Crippen molar-refractivity contribution in [2.45, 2.75) is 32.9 Å². The van der Waals surface area contributed by atoms with Gasteiger partial charge in [-0.15, -0.1) is 0 Å². The molecule has 3 aromatic rings. The Labute approximate surface area is 181 Å². The van der Waals surface area contributed by atoms with Crippen molar-refractivity contribution < 1.29 is 12.8 Å². The van der Waals surface area contributed by atoms with Gasteiger partial charge in [-0.05, 0) is 56.4 Å². The zero-order valence-corrected chi connectivity index (χ0v) is 18.7. The van der Waals surface area contributed by atoms with E-state index in [9.17, 15) is 12.8 Å². The summed E-state index contributed by atoms with van der Waals surface area (Å²) in [6.07, 6.45) is 5.52. The van der Waals surface area contributed by atoms with Gasteiger partial charge >= 0.3 is 0 Å². The van der Waals surface area contributed by atoms with E-state index >= 15 is 0 Å². The summed E-state index contributed by atoms with van der Waals surface area (Å²) in [6.45, 7) is 5.45. The standard InChI is InChI=1S/C21H27FN6O2S/c1-14-10-23-21(27-8-4-5-16(13-27)11-25-31(3,29)30)9-17(14)19-12-24-20-7-6-18(15(2)22)26-28(19)20/h6-7,9-10,12,15-16,25H,4-5,8,11,13H2,1-3H3. The van der Waals surface area contributed by atoms with Gasteiger partial charge in [-0.2, -0.15) is 5.10 Å². The molecule has 0 amide bonds. The lowest BCUT2D eigenvalue weighted by atomic mass is 9.98. The van der Waals surface area contributed by atoms with Gasteiger partial charge in [-0.25, -0.2) is 32.0 Å². The minimum absolute atomic E-state index is 0.223. The van der Waals surface area contributed by atoms with E-state index < -0.39 is 16.2 Å². The number of halogens is 1. The minimum atomic E-state index is -3.21. The fraction of sp³-hybridized carbons (Fsp3) is 0.476. The van der Waals surface area contributed by atoms with Gasteiger partial charge in [0.05, 0.1) is 23.8 Å². The molecule has 166 valence electrons. The molecule has 0 radical (unpaired) electrons. The van der Waals surface area contributed by atoms with E-state index in [4.69, 9.17) is 0 Å². The van der Waals surface area contributed by atoms with Gasteiger partial charge < -0.3 is 4.90 Å². The Kier molecular flexibility index (Phi) is 5.94. The van der Waals surface area contributed by atoms with Crippen LogP contribution in [-0.4, -0.2) is 53.9 Å². The molecular weight excluding hydrogens is 419 g/mol. The highest BCUT2D eigenvalue weighted by molar-refractivity contribution is 7.88. The van der Waals surface area contributed by atoms with E-state index in [0.717, 1.165) is 48.6 Å². The number of aromatic nitrogens is 4. The number of anilines is 1. The SMILES string of the molecule is Cc1cnc(N2CCCC(CNS(C)(=O)=O)C2)cc1-c1cnc2ccc(C(C)F)nn12. The molecule has 31 heavy (non-hydrogen) atoms. The molecule has 0 saturated carbocycles. The highest BCUT2D eigenvalue weighted by Gasteiger charge is 2.23. The molecule has 1 N–H and O–H groups in total. The molecule has 4 heterocycles. The molecule has 1 aliphatic heterocycles. The number of aryl methyl sites for hydroxylation is 1. The Morgan fingerprint density at radius 2 is 2.10 bits per heavy atom. The molecule has 10 heteroatoms. The Bertz CT molecular complexity index is 1190. The van der Waals surface area contributed by atoms with Crippen LogP contribution < -0.4 is 9.62 Å². The first-order chi connectivity index (χ1) is 14.7. The number of nitrogens with zero attached hydrogens (tertiary/aromatic N) is 5. The van der Waals surface area contributed by atoms with Gasteiger partial charge in [-0.3, -0.25) is 0 Å². The first-order valence-corrected chi connectivity index (χ1v) is 12.3. The topological polar surface area (TPSA) is 92.5 Å². The number of fused-ring (bicyclic) bond motifs is 1. The molecule has 2 atom stereocenters. The lowest BCUT2D eigenvalue weighted by Crippen LogP contribution is -2.41. The summed E-state index contributed by atoms with van der Waals surface area (Å²) in [4.78, 5) is 11.2. The van der Waals surface area contributed by atoms with Crippen molar-refractivity contribution in [2.24, 2.45) is 5.92 Å². The predicted molar refractivity (Wildman–Crippen MR) is 118 cm³/mol. The molecule has 1 saturated heterocycles. The molecule has 0 bridgehead atoms. The second-order valence-corrected chi connectivity index (χ2v) is 10.1. The van der Waals surface area contributed by atoms with Crippen LogP contribution in [0.15, 0.2) is 30.6 Å². The zero-order valence-electron chi connectivity index (χ0n) is 17.9. The third-order valence-corrected chi connectivity index (χ3v) is 6.32. The summed E-state index contributed by atoms with van der Waals surface area (Å²) < 4.78 is 41.0. The predicted octanol–water partition coefficient (Wildman–Crippen LogP) is 2.90. The summed E-state index contributed by atoms with van der Waals surface area (Å²) in [7, 11) is -3.21. The Balaban J connectivity index is 1.63. The van der Waals surface area contributed by atoms with E-state index in [1.807, 2.05) is 19.2 Å². The van der Waals surface area contributed by atoms with Crippen LogP contribution in [0, 0.1) is 12.8 Å². The molecule has 0 aromatic carbocycles. The first kappa shape index (κ1) is 21.6. The lowest BCUT2D eigenvalue weighted by molar-refractivity contribution is 0.362. The molecule has 2 unspecified atom stereocenters. The third kappa shape index (κ3) is 4.85. The van der Waals surface area contributed by atoms with Gasteiger partial charge in [-0.1, -0.05) is 0 Å². The fourth-order valence-corrected chi connectivity index (χ4v) is 4.49. The molecule has 3 aromatic heterocycles. The smallest absolute Gasteiger partial charge is 0.208 e. The van der Waals surface area contributed by atoms with Crippen LogP contribution in [0.4, 0.5) is 10.2 Å². The van der Waals surface area contributed by atoms with Crippen LogP contribution >= 0.6 is 0 Å². The molecular formula is C21H27FN6O2S. The normalized spacial score (nSPS) is 18.5. The van der Waals surface area contributed by atoms with Crippen LogP contribution in [0.2, 0.25) is 0 Å². The van der Waals surface area contributed by atoms with Gasteiger partial charge in [0, 0.05) is 31.4 Å². The van der Waals surface area contributed by atoms with Crippen LogP contribution in [0.3, 0.4) is 0 Å². The number of hydrogen-bond donors (Lipinski definition) is 1. The maximum absolute atomic E-state index is 13.8. The largest absolute Gasteiger partial charge is 0.356 e. The Morgan fingerprint density at radius 1 is 1.29 bits per heavy atom. The van der Waals surface area contributed by atoms with E-state index in [2.05, 4.69) is 24.7 Å². The van der Waals surface area contributed by atoms with Crippen molar-refractivity contribution in [3.8, 4) is 11.3 Å². The number of nitrogens with one attached hydrogen (secondary N) is 1. The molecule has 1 aliphatic rings. The second kappa shape index (κ2) is 8.51. The van der Waals surface area contributed by atoms with Crippen molar-refractivity contribution in [1.29, 1.82) is 0 Å². The summed E-state index contributed by atoms with van der Waals surface area (Å²) in [5, 5.41) is 4.43. The summed E-state index contributed by atoms with van der Waals surface area (Å²) in [6, 6.07) is 5.43. The lowest BCUT2D eigenvalue weighted by Gasteiger charge is -2.33. The van der Waals surface area contributed by atoms with Crippen LogP contribution in [0.25, 0.3) is 16.9 Å². The highest BCUT2D eigenvalue weighted by Crippen LogP contribution is 2.29. The zero-order chi connectivity index (χ0) is 22.2. The summed E-state index contributed by atoms with van der Waals surface area (Å²) in [5.74, 6) is 1.05. The van der Waals surface area contributed by atoms with Crippen molar-refractivity contribution in [1.82, 2.24) is 24.3 Å². The van der Waals surface area contributed by atoms with Crippen molar-refractivity contribution in [3.63, 3.8) is 0 Å². The van der Waals surface area contributed by atoms with E-state index in [1.165, 1.54) is 13.2 Å². The summed E-state index contributed by atoms with van der Waals surface area (Å²) >= 11 is 0. The second-order valence-electron chi connectivity index (χ2n) is 8.22. The van der Waals surface area contributed by atoms with Gasteiger partial charge in [0.15, 0.2) is 5.65 Å². The molecule has 4 rings (SSSR count). The Morgan fingerprint density at radius 3 is 2.84 bits per heavy atom. The molecule has 0 spiro atoms. The maximum atomic E-state index is 13.8. The number of pyridine rings is 1. The number of sulfonamides is 1. The Hall–Kier alpha value is -2.59. The quantitative estimate of drug-likeness (QED) is 0.626. The van der Waals surface area contributed by atoms with E-state index in [0.29, 0.717) is 17.9 Å². The molecule has 0 aliphatic carbocycles. The van der Waals surface area contributed by atoms with Crippen LogP contribution in [0.1, 0.15) is 37.2 Å². The van der Waals surface area contributed by atoms with Crippen molar-refractivity contribution in [2.75, 3.05) is 30.8 Å². The van der Waals surface area contributed by atoms with E-state index in [1.54, 1.807) is 22.8 Å². The average Bonchev–Trinajstić information content (AvgIpc) is 3.15. The fourth-order valence-electron chi connectivity index (χ4n) is 3.95. The van der Waals surface area contributed by atoms with Gasteiger partial charge in [0.2, 0.25) is 10.0 Å². The molecule has 1 fully saturated rings. The van der Waals surface area contributed by atoms with Crippen molar-refractivity contribution >= 4 is 21.5 Å². The maximum Gasteiger partial charge on any atom is 0.208 e. The number of piperidine rings is 1. The number of alkyl halides is 1. The average molecular weight is 447 g/mol. The summed E-state index contributed by atoms with van der Waals surface area (Å²) in [5.41, 5.74) is 3.70. The monoisotopic (exact) mass is 446 g/mol. The van der Waals surface area contributed by atoms with Crippen LogP contribution in [0.5, 0.6) is 0 Å². The number of imidazole rings is 1. The highest BCUT2D eigenvalue weighted by atomic mass is 32.2. The van der Waals surface area contributed by atoms with Crippen LogP contribution in [-0.2, 0) is 10.0 Å². The number of hydrogen-bond acceptors (Lipinski definition) is 6. The van der Waals surface area contributed by atoms with Gasteiger partial charge in [0.1, 0.15) is 12.0 Å². The van der Waals surface area contributed by atoms with Gasteiger partial charge in [0.25, 0.3) is 0 Å². The first-order valence-electron chi connectivity index (χ1n) is 10.4. The van der Waals surface area contributed by atoms with E-state index in [-0.39, 0.29) is 5.92 Å². The third-order valence-electron chi connectivity index (χ3n) is 5.63. The number of rotatable bonds is 6. The molecule has 8 nitrogen and oxygen atoms in total. The van der Waals surface area contributed by atoms with Crippen molar-refractivity contribution in [3.05, 3.63) is 41.9 Å².